The van der Waals surface area contributed by atoms with E-state index in [1.807, 2.05) is 19.9 Å². The van der Waals surface area contributed by atoms with E-state index in [2.05, 4.69) is 9.71 Å². The van der Waals surface area contributed by atoms with Crippen LogP contribution in [0.1, 0.15) is 22.4 Å². The lowest BCUT2D eigenvalue weighted by Gasteiger charge is -2.11. The van der Waals surface area contributed by atoms with Crippen molar-refractivity contribution in [3.05, 3.63) is 52.7 Å². The highest BCUT2D eigenvalue weighted by Crippen LogP contribution is 2.19. The van der Waals surface area contributed by atoms with Crippen LogP contribution in [0, 0.1) is 20.8 Å². The number of aliphatic hydroxyl groups is 1. The van der Waals surface area contributed by atoms with E-state index in [0.29, 0.717) is 11.4 Å². The molecule has 6 heteroatoms. The molecule has 1 heterocycles. The largest absolute Gasteiger partial charge is 0.392 e. The van der Waals surface area contributed by atoms with Crippen LogP contribution < -0.4 is 4.72 Å². The molecule has 0 aliphatic carbocycles. The van der Waals surface area contributed by atoms with Gasteiger partial charge in [0.1, 0.15) is 5.82 Å². The number of sulfonamides is 1. The van der Waals surface area contributed by atoms with Gasteiger partial charge in [0.15, 0.2) is 0 Å². The molecule has 5 nitrogen and oxygen atoms in total. The predicted octanol–water partition coefficient (Wildman–Crippen LogP) is 2.30. The highest BCUT2D eigenvalue weighted by Gasteiger charge is 2.16. The Morgan fingerprint density at radius 3 is 2.48 bits per heavy atom. The van der Waals surface area contributed by atoms with Crippen molar-refractivity contribution in [3.63, 3.8) is 0 Å². The maximum absolute atomic E-state index is 12.4. The highest BCUT2D eigenvalue weighted by molar-refractivity contribution is 7.92. The Morgan fingerprint density at radius 1 is 1.14 bits per heavy atom. The molecule has 1 aromatic carbocycles. The molecule has 0 aliphatic rings. The second kappa shape index (κ2) is 5.83. The first-order valence-electron chi connectivity index (χ1n) is 6.50. The van der Waals surface area contributed by atoms with Crippen molar-refractivity contribution >= 4 is 15.8 Å². The van der Waals surface area contributed by atoms with E-state index in [9.17, 15) is 13.5 Å². The van der Waals surface area contributed by atoms with Crippen LogP contribution in [0.2, 0.25) is 0 Å². The molecule has 21 heavy (non-hydrogen) atoms. The third-order valence-electron chi connectivity index (χ3n) is 3.14. The van der Waals surface area contributed by atoms with Crippen molar-refractivity contribution in [1.82, 2.24) is 4.98 Å². The van der Waals surface area contributed by atoms with Gasteiger partial charge in [-0.3, -0.25) is 4.72 Å². The molecular formula is C15H18N2O3S. The molecule has 2 rings (SSSR count). The molecule has 0 amide bonds. The van der Waals surface area contributed by atoms with Gasteiger partial charge >= 0.3 is 0 Å². The summed E-state index contributed by atoms with van der Waals surface area (Å²) in [5.41, 5.74) is 3.11. The van der Waals surface area contributed by atoms with E-state index in [-0.39, 0.29) is 11.5 Å². The second-order valence-corrected chi connectivity index (χ2v) is 6.71. The molecule has 0 radical (unpaired) electrons. The summed E-state index contributed by atoms with van der Waals surface area (Å²) >= 11 is 0. The number of aromatic nitrogens is 1. The molecule has 0 saturated carbocycles. The predicted molar refractivity (Wildman–Crippen MR) is 81.6 cm³/mol. The van der Waals surface area contributed by atoms with Gasteiger partial charge in [-0.2, -0.15) is 0 Å². The summed E-state index contributed by atoms with van der Waals surface area (Å²) in [4.78, 5) is 4.27. The maximum atomic E-state index is 12.4. The van der Waals surface area contributed by atoms with Gasteiger partial charge in [-0.15, -0.1) is 0 Å². The Kier molecular flexibility index (Phi) is 4.29. The molecule has 1 aromatic heterocycles. The smallest absolute Gasteiger partial charge is 0.263 e. The second-order valence-electron chi connectivity index (χ2n) is 5.02. The molecule has 0 saturated heterocycles. The van der Waals surface area contributed by atoms with E-state index in [1.165, 1.54) is 12.1 Å². The fourth-order valence-electron chi connectivity index (χ4n) is 2.08. The van der Waals surface area contributed by atoms with Gasteiger partial charge in [-0.05, 0) is 61.7 Å². The summed E-state index contributed by atoms with van der Waals surface area (Å²) in [5, 5.41) is 9.24. The van der Waals surface area contributed by atoms with Crippen LogP contribution in [0.5, 0.6) is 0 Å². The number of nitrogens with zero attached hydrogens (tertiary/aromatic N) is 1. The van der Waals surface area contributed by atoms with Crippen LogP contribution >= 0.6 is 0 Å². The van der Waals surface area contributed by atoms with Gasteiger partial charge in [0.2, 0.25) is 0 Å². The van der Waals surface area contributed by atoms with Gasteiger partial charge in [-0.25, -0.2) is 13.4 Å². The molecule has 0 fully saturated rings. The quantitative estimate of drug-likeness (QED) is 0.908. The van der Waals surface area contributed by atoms with Crippen molar-refractivity contribution in [3.8, 4) is 0 Å². The number of hydrogen-bond donors (Lipinski definition) is 2. The van der Waals surface area contributed by atoms with Gasteiger partial charge in [0, 0.05) is 5.69 Å². The minimum absolute atomic E-state index is 0.109. The Labute approximate surface area is 124 Å². The Hall–Kier alpha value is -1.92. The standard InChI is InChI=1S/C15H18N2O3S/c1-10-6-12(3)16-15(7-10)17-21(19,20)14-5-4-11(2)13(8-14)9-18/h4-8,18H,9H2,1-3H3,(H,16,17). The number of rotatable bonds is 4. The molecule has 0 atom stereocenters. The normalized spacial score (nSPS) is 11.4. The molecule has 0 spiro atoms. The third-order valence-corrected chi connectivity index (χ3v) is 4.49. The lowest BCUT2D eigenvalue weighted by Crippen LogP contribution is -2.15. The number of hydrogen-bond acceptors (Lipinski definition) is 4. The third kappa shape index (κ3) is 3.59. The average molecular weight is 306 g/mol. The van der Waals surface area contributed by atoms with E-state index in [4.69, 9.17) is 0 Å². The van der Waals surface area contributed by atoms with Crippen molar-refractivity contribution in [2.75, 3.05) is 4.72 Å². The van der Waals surface area contributed by atoms with Gasteiger partial charge in [0.25, 0.3) is 10.0 Å². The molecule has 0 unspecified atom stereocenters. The number of aliphatic hydroxyl groups excluding tert-OH is 1. The minimum atomic E-state index is -3.72. The fraction of sp³-hybridized carbons (Fsp3) is 0.267. The monoisotopic (exact) mass is 306 g/mol. The van der Waals surface area contributed by atoms with E-state index in [0.717, 1.165) is 16.8 Å². The summed E-state index contributed by atoms with van der Waals surface area (Å²) in [5.74, 6) is 0.290. The van der Waals surface area contributed by atoms with Crippen molar-refractivity contribution in [1.29, 1.82) is 0 Å². The first kappa shape index (κ1) is 15.5. The Morgan fingerprint density at radius 2 is 1.86 bits per heavy atom. The zero-order chi connectivity index (χ0) is 15.6. The molecule has 112 valence electrons. The Balaban J connectivity index is 2.38. The van der Waals surface area contributed by atoms with Crippen molar-refractivity contribution < 1.29 is 13.5 Å². The number of anilines is 1. The van der Waals surface area contributed by atoms with Crippen molar-refractivity contribution in [2.45, 2.75) is 32.3 Å². The lowest BCUT2D eigenvalue weighted by atomic mass is 10.1. The number of nitrogens with one attached hydrogen (secondary N) is 1. The van der Waals surface area contributed by atoms with E-state index >= 15 is 0 Å². The van der Waals surface area contributed by atoms with Gasteiger partial charge < -0.3 is 5.11 Å². The molecular weight excluding hydrogens is 288 g/mol. The summed E-state index contributed by atoms with van der Waals surface area (Å²) in [6, 6.07) is 8.20. The average Bonchev–Trinajstić information content (AvgIpc) is 2.37. The molecule has 0 aliphatic heterocycles. The molecule has 2 aromatic rings. The maximum Gasteiger partial charge on any atom is 0.263 e. The number of aryl methyl sites for hydroxylation is 3. The van der Waals surface area contributed by atoms with Crippen LogP contribution in [-0.4, -0.2) is 18.5 Å². The first-order chi connectivity index (χ1) is 9.81. The number of pyridine rings is 1. The fourth-order valence-corrected chi connectivity index (χ4v) is 3.12. The number of benzene rings is 1. The van der Waals surface area contributed by atoms with Crippen LogP contribution in [0.15, 0.2) is 35.2 Å². The molecule has 0 bridgehead atoms. The summed E-state index contributed by atoms with van der Waals surface area (Å²) in [6.45, 7) is 5.31. The SMILES string of the molecule is Cc1cc(C)nc(NS(=O)(=O)c2ccc(C)c(CO)c2)c1. The van der Waals surface area contributed by atoms with Gasteiger partial charge in [-0.1, -0.05) is 6.07 Å². The highest BCUT2D eigenvalue weighted by atomic mass is 32.2. The lowest BCUT2D eigenvalue weighted by molar-refractivity contribution is 0.281. The first-order valence-corrected chi connectivity index (χ1v) is 7.98. The van der Waals surface area contributed by atoms with Gasteiger partial charge in [0.05, 0.1) is 11.5 Å². The topological polar surface area (TPSA) is 79.3 Å². The van der Waals surface area contributed by atoms with Crippen LogP contribution in [0.25, 0.3) is 0 Å². The summed E-state index contributed by atoms with van der Waals surface area (Å²) in [7, 11) is -3.72. The van der Waals surface area contributed by atoms with Crippen LogP contribution in [0.4, 0.5) is 5.82 Å². The van der Waals surface area contributed by atoms with E-state index < -0.39 is 10.0 Å². The van der Waals surface area contributed by atoms with E-state index in [1.54, 1.807) is 19.1 Å². The zero-order valence-electron chi connectivity index (χ0n) is 12.2. The van der Waals surface area contributed by atoms with Crippen LogP contribution in [0.3, 0.4) is 0 Å². The summed E-state index contributed by atoms with van der Waals surface area (Å²) < 4.78 is 27.2. The Bertz CT molecular complexity index is 750. The minimum Gasteiger partial charge on any atom is -0.392 e. The van der Waals surface area contributed by atoms with Crippen LogP contribution in [-0.2, 0) is 16.6 Å². The summed E-state index contributed by atoms with van der Waals surface area (Å²) in [6.07, 6.45) is 0. The van der Waals surface area contributed by atoms with Crippen molar-refractivity contribution in [2.24, 2.45) is 0 Å². The zero-order valence-corrected chi connectivity index (χ0v) is 13.0. The molecule has 2 N–H and O–H groups in total.